The largest absolute Gasteiger partial charge is 0.308 e. The van der Waals surface area contributed by atoms with Crippen molar-refractivity contribution >= 4 is 11.6 Å². The molecule has 0 spiro atoms. The summed E-state index contributed by atoms with van der Waals surface area (Å²) in [5, 5.41) is 4.49. The zero-order valence-corrected chi connectivity index (χ0v) is 10.4. The lowest BCUT2D eigenvalue weighted by molar-refractivity contribution is 0.434. The number of hydrogen-bond donors (Lipinski definition) is 1. The Hall–Kier alpha value is -0.530. The highest BCUT2D eigenvalue weighted by Gasteiger charge is 2.32. The molecule has 1 atom stereocenters. The number of nitrogens with one attached hydrogen (secondary N) is 1. The summed E-state index contributed by atoms with van der Waals surface area (Å²) < 4.78 is 0. The molecule has 1 unspecified atom stereocenters. The molecule has 1 fully saturated rings. The van der Waals surface area contributed by atoms with E-state index in [2.05, 4.69) is 38.2 Å². The zero-order chi connectivity index (χ0) is 11.1. The van der Waals surface area contributed by atoms with E-state index in [1.807, 2.05) is 0 Å². The van der Waals surface area contributed by atoms with E-state index in [0.29, 0.717) is 0 Å². The summed E-state index contributed by atoms with van der Waals surface area (Å²) >= 11 is 6.39. The minimum Gasteiger partial charge on any atom is -0.308 e. The van der Waals surface area contributed by atoms with Crippen LogP contribution in [-0.2, 0) is 5.54 Å². The van der Waals surface area contributed by atoms with Gasteiger partial charge in [-0.05, 0) is 51.3 Å². The molecule has 2 rings (SSSR count). The lowest BCUT2D eigenvalue weighted by atomic mass is 9.88. The molecule has 1 nitrogen and oxygen atoms in total. The second-order valence-corrected chi connectivity index (χ2v) is 5.18. The Labute approximate surface area is 96.8 Å². The number of rotatable bonds is 1. The number of benzene rings is 1. The Morgan fingerprint density at radius 3 is 2.67 bits per heavy atom. The van der Waals surface area contributed by atoms with Crippen LogP contribution in [0.4, 0.5) is 0 Å². The molecule has 1 heterocycles. The minimum absolute atomic E-state index is 0.0772. The van der Waals surface area contributed by atoms with E-state index in [-0.39, 0.29) is 5.54 Å². The van der Waals surface area contributed by atoms with Gasteiger partial charge < -0.3 is 5.32 Å². The maximum atomic E-state index is 6.39. The Kier molecular flexibility index (Phi) is 2.78. The van der Waals surface area contributed by atoms with Crippen LogP contribution in [0.2, 0.25) is 5.02 Å². The Morgan fingerprint density at radius 1 is 1.33 bits per heavy atom. The molecule has 0 bridgehead atoms. The average Bonchev–Trinajstić information content (AvgIpc) is 2.59. The van der Waals surface area contributed by atoms with Crippen molar-refractivity contribution in [3.8, 4) is 0 Å². The fourth-order valence-electron chi connectivity index (χ4n) is 2.48. The lowest BCUT2D eigenvalue weighted by Gasteiger charge is -2.27. The van der Waals surface area contributed by atoms with Gasteiger partial charge in [0.05, 0.1) is 0 Å². The van der Waals surface area contributed by atoms with Gasteiger partial charge in [0.1, 0.15) is 0 Å². The summed E-state index contributed by atoms with van der Waals surface area (Å²) in [6.45, 7) is 7.56. The smallest absolute Gasteiger partial charge is 0.0485 e. The van der Waals surface area contributed by atoms with Crippen molar-refractivity contribution in [3.05, 3.63) is 33.8 Å². The van der Waals surface area contributed by atoms with Crippen LogP contribution in [-0.4, -0.2) is 6.54 Å². The third kappa shape index (κ3) is 1.91. The van der Waals surface area contributed by atoms with Gasteiger partial charge in [0.2, 0.25) is 0 Å². The number of halogens is 1. The molecular weight excluding hydrogens is 206 g/mol. The van der Waals surface area contributed by atoms with Crippen LogP contribution in [0, 0.1) is 13.8 Å². The first-order valence-electron chi connectivity index (χ1n) is 5.55. The third-order valence-corrected chi connectivity index (χ3v) is 3.86. The van der Waals surface area contributed by atoms with E-state index in [0.717, 1.165) is 11.6 Å². The average molecular weight is 224 g/mol. The molecule has 0 aromatic heterocycles. The van der Waals surface area contributed by atoms with Crippen LogP contribution in [0.25, 0.3) is 0 Å². The van der Waals surface area contributed by atoms with Crippen LogP contribution in [0.5, 0.6) is 0 Å². The molecule has 0 aliphatic carbocycles. The molecule has 1 aliphatic heterocycles. The van der Waals surface area contributed by atoms with Gasteiger partial charge in [-0.2, -0.15) is 0 Å². The van der Waals surface area contributed by atoms with Crippen molar-refractivity contribution in [2.45, 2.75) is 39.2 Å². The molecule has 0 amide bonds. The maximum absolute atomic E-state index is 6.39. The van der Waals surface area contributed by atoms with Crippen molar-refractivity contribution in [3.63, 3.8) is 0 Å². The summed E-state index contributed by atoms with van der Waals surface area (Å²) in [6.07, 6.45) is 2.41. The lowest BCUT2D eigenvalue weighted by Crippen LogP contribution is -2.33. The SMILES string of the molecule is Cc1cc(C)c(Cl)c(C2(C)CCCN2)c1. The number of hydrogen-bond acceptors (Lipinski definition) is 1. The topological polar surface area (TPSA) is 12.0 Å². The van der Waals surface area contributed by atoms with Crippen molar-refractivity contribution < 1.29 is 0 Å². The molecule has 1 saturated heterocycles. The molecule has 1 aromatic carbocycles. The van der Waals surface area contributed by atoms with Gasteiger partial charge in [0, 0.05) is 10.6 Å². The van der Waals surface area contributed by atoms with E-state index in [9.17, 15) is 0 Å². The molecule has 1 N–H and O–H groups in total. The third-order valence-electron chi connectivity index (χ3n) is 3.36. The highest BCUT2D eigenvalue weighted by Crippen LogP contribution is 2.36. The monoisotopic (exact) mass is 223 g/mol. The highest BCUT2D eigenvalue weighted by atomic mass is 35.5. The minimum atomic E-state index is 0.0772. The van der Waals surface area contributed by atoms with Crippen LogP contribution < -0.4 is 5.32 Å². The Morgan fingerprint density at radius 2 is 2.07 bits per heavy atom. The van der Waals surface area contributed by atoms with E-state index >= 15 is 0 Å². The summed E-state index contributed by atoms with van der Waals surface area (Å²) in [6, 6.07) is 4.36. The summed E-state index contributed by atoms with van der Waals surface area (Å²) in [5.74, 6) is 0. The van der Waals surface area contributed by atoms with Gasteiger partial charge in [-0.15, -0.1) is 0 Å². The molecule has 0 saturated carbocycles. The van der Waals surface area contributed by atoms with Crippen molar-refractivity contribution in [1.82, 2.24) is 5.32 Å². The molecule has 1 aromatic rings. The van der Waals surface area contributed by atoms with E-state index in [4.69, 9.17) is 11.6 Å². The molecule has 2 heteroatoms. The van der Waals surface area contributed by atoms with E-state index in [1.165, 1.54) is 29.5 Å². The van der Waals surface area contributed by atoms with Gasteiger partial charge in [-0.25, -0.2) is 0 Å². The van der Waals surface area contributed by atoms with Gasteiger partial charge in [0.15, 0.2) is 0 Å². The van der Waals surface area contributed by atoms with Crippen molar-refractivity contribution in [2.75, 3.05) is 6.54 Å². The molecule has 15 heavy (non-hydrogen) atoms. The summed E-state index contributed by atoms with van der Waals surface area (Å²) in [5.41, 5.74) is 3.82. The first-order chi connectivity index (χ1) is 7.03. The fraction of sp³-hybridized carbons (Fsp3) is 0.538. The normalized spacial score (nSPS) is 25.9. The van der Waals surface area contributed by atoms with Gasteiger partial charge in [0.25, 0.3) is 0 Å². The van der Waals surface area contributed by atoms with Gasteiger partial charge >= 0.3 is 0 Å². The van der Waals surface area contributed by atoms with Crippen LogP contribution in [0.1, 0.15) is 36.5 Å². The fourth-order valence-corrected chi connectivity index (χ4v) is 2.79. The molecule has 1 aliphatic rings. The summed E-state index contributed by atoms with van der Waals surface area (Å²) in [7, 11) is 0. The Bertz CT molecular complexity index is 378. The number of aryl methyl sites for hydroxylation is 2. The van der Waals surface area contributed by atoms with E-state index in [1.54, 1.807) is 0 Å². The quantitative estimate of drug-likeness (QED) is 0.768. The summed E-state index contributed by atoms with van der Waals surface area (Å²) in [4.78, 5) is 0. The Balaban J connectivity index is 2.51. The predicted octanol–water partition coefficient (Wildman–Crippen LogP) is 3.56. The highest BCUT2D eigenvalue weighted by molar-refractivity contribution is 6.32. The van der Waals surface area contributed by atoms with Crippen LogP contribution in [0.3, 0.4) is 0 Å². The zero-order valence-electron chi connectivity index (χ0n) is 9.65. The first-order valence-corrected chi connectivity index (χ1v) is 5.93. The van der Waals surface area contributed by atoms with Crippen LogP contribution in [0.15, 0.2) is 12.1 Å². The van der Waals surface area contributed by atoms with Crippen molar-refractivity contribution in [1.29, 1.82) is 0 Å². The maximum Gasteiger partial charge on any atom is 0.0485 e. The second kappa shape index (κ2) is 3.80. The predicted molar refractivity (Wildman–Crippen MR) is 65.5 cm³/mol. The van der Waals surface area contributed by atoms with Crippen LogP contribution >= 0.6 is 11.6 Å². The molecule has 82 valence electrons. The van der Waals surface area contributed by atoms with Gasteiger partial charge in [-0.1, -0.05) is 29.3 Å². The molecular formula is C13H18ClN. The molecule has 0 radical (unpaired) electrons. The standard InChI is InChI=1S/C13H18ClN/c1-9-7-10(2)12(14)11(8-9)13(3)5-4-6-15-13/h7-8,15H,4-6H2,1-3H3. The van der Waals surface area contributed by atoms with E-state index < -0.39 is 0 Å². The second-order valence-electron chi connectivity index (χ2n) is 4.81. The first kappa shape index (κ1) is 11.0. The van der Waals surface area contributed by atoms with Gasteiger partial charge in [-0.3, -0.25) is 0 Å². The van der Waals surface area contributed by atoms with Crippen molar-refractivity contribution in [2.24, 2.45) is 0 Å².